The number of amides is 1. The second-order valence-corrected chi connectivity index (χ2v) is 6.84. The lowest BCUT2D eigenvalue weighted by Gasteiger charge is -2.16. The van der Waals surface area contributed by atoms with Gasteiger partial charge in [-0.15, -0.1) is 0 Å². The van der Waals surface area contributed by atoms with Crippen molar-refractivity contribution < 1.29 is 13.2 Å². The summed E-state index contributed by atoms with van der Waals surface area (Å²) in [4.78, 5) is 13.3. The lowest BCUT2D eigenvalue weighted by atomic mass is 10.2. The smallest absolute Gasteiger partial charge is 0.261 e. The molecule has 1 rings (SSSR count). The van der Waals surface area contributed by atoms with Gasteiger partial charge in [0.15, 0.2) is 0 Å². The third kappa shape index (κ3) is 3.86. The summed E-state index contributed by atoms with van der Waals surface area (Å²) >= 11 is 5.79. The number of hydrogen-bond acceptors (Lipinski definition) is 3. The van der Waals surface area contributed by atoms with Gasteiger partial charge >= 0.3 is 0 Å². The number of hydrogen-bond donors (Lipinski definition) is 0. The first-order valence-corrected chi connectivity index (χ1v) is 7.95. The summed E-state index contributed by atoms with van der Waals surface area (Å²) in [6.45, 7) is 2.52. The minimum absolute atomic E-state index is 0.157. The Labute approximate surface area is 116 Å². The van der Waals surface area contributed by atoms with Gasteiger partial charge in [0.05, 0.1) is 4.90 Å². The van der Waals surface area contributed by atoms with Gasteiger partial charge in [0, 0.05) is 34.9 Å². The van der Waals surface area contributed by atoms with Crippen molar-refractivity contribution in [2.24, 2.45) is 0 Å². The van der Waals surface area contributed by atoms with E-state index in [4.69, 9.17) is 22.3 Å². The van der Waals surface area contributed by atoms with E-state index in [-0.39, 0.29) is 21.4 Å². The first-order valence-electron chi connectivity index (χ1n) is 5.26. The summed E-state index contributed by atoms with van der Waals surface area (Å²) in [7, 11) is 2.97. The maximum Gasteiger partial charge on any atom is 0.261 e. The van der Waals surface area contributed by atoms with Gasteiger partial charge in [-0.25, -0.2) is 8.42 Å². The predicted octanol–water partition coefficient (Wildman–Crippen LogP) is 2.75. The molecule has 0 radical (unpaired) electrons. The van der Waals surface area contributed by atoms with Gasteiger partial charge in [-0.2, -0.15) is 0 Å². The molecular formula is C11H13Cl2NO3S. The highest BCUT2D eigenvalue weighted by Crippen LogP contribution is 2.22. The first-order chi connectivity index (χ1) is 8.25. The van der Waals surface area contributed by atoms with Crippen molar-refractivity contribution in [3.05, 3.63) is 28.8 Å². The van der Waals surface area contributed by atoms with Crippen LogP contribution in [0.15, 0.2) is 23.1 Å². The van der Waals surface area contributed by atoms with E-state index in [1.54, 1.807) is 7.05 Å². The van der Waals surface area contributed by atoms with E-state index in [0.717, 1.165) is 6.42 Å². The van der Waals surface area contributed by atoms with E-state index in [0.29, 0.717) is 6.54 Å². The molecule has 0 unspecified atom stereocenters. The maximum absolute atomic E-state index is 12.0. The Morgan fingerprint density at radius 2 is 1.94 bits per heavy atom. The van der Waals surface area contributed by atoms with Gasteiger partial charge < -0.3 is 4.90 Å². The summed E-state index contributed by atoms with van der Waals surface area (Å²) in [6.07, 6.45) is 0.809. The molecule has 0 heterocycles. The summed E-state index contributed by atoms with van der Waals surface area (Å²) in [6, 6.07) is 3.85. The predicted molar refractivity (Wildman–Crippen MR) is 71.7 cm³/mol. The van der Waals surface area contributed by atoms with Crippen LogP contribution in [0, 0.1) is 0 Å². The van der Waals surface area contributed by atoms with Crippen molar-refractivity contribution in [2.45, 2.75) is 18.2 Å². The van der Waals surface area contributed by atoms with E-state index >= 15 is 0 Å². The van der Waals surface area contributed by atoms with E-state index in [2.05, 4.69) is 0 Å². The Kier molecular flexibility index (Phi) is 5.01. The van der Waals surface area contributed by atoms with E-state index in [9.17, 15) is 13.2 Å². The molecule has 1 aromatic rings. The van der Waals surface area contributed by atoms with Gasteiger partial charge in [-0.1, -0.05) is 18.5 Å². The Morgan fingerprint density at radius 1 is 1.33 bits per heavy atom. The molecule has 7 heteroatoms. The fourth-order valence-corrected chi connectivity index (χ4v) is 2.59. The van der Waals surface area contributed by atoms with Gasteiger partial charge in [-0.3, -0.25) is 4.79 Å². The fourth-order valence-electron chi connectivity index (χ4n) is 1.48. The van der Waals surface area contributed by atoms with Gasteiger partial charge in [0.25, 0.3) is 15.0 Å². The van der Waals surface area contributed by atoms with E-state index in [1.807, 2.05) is 6.92 Å². The van der Waals surface area contributed by atoms with Crippen LogP contribution in [0.2, 0.25) is 5.02 Å². The van der Waals surface area contributed by atoms with Crippen molar-refractivity contribution in [3.63, 3.8) is 0 Å². The molecule has 0 aliphatic rings. The van der Waals surface area contributed by atoms with Crippen LogP contribution in [0.25, 0.3) is 0 Å². The number of benzene rings is 1. The lowest BCUT2D eigenvalue weighted by Crippen LogP contribution is -2.27. The number of carbonyl (C=O) groups excluding carboxylic acids is 1. The standard InChI is InChI=1S/C11H13Cl2NO3S/c1-3-4-14(2)11(15)8-5-9(12)7-10(6-8)18(13,16)17/h5-7H,3-4H2,1-2H3. The molecule has 18 heavy (non-hydrogen) atoms. The summed E-state index contributed by atoms with van der Waals surface area (Å²) in [5.41, 5.74) is 0.206. The highest BCUT2D eigenvalue weighted by Gasteiger charge is 2.17. The number of carbonyl (C=O) groups is 1. The monoisotopic (exact) mass is 309 g/mol. The third-order valence-electron chi connectivity index (χ3n) is 2.31. The van der Waals surface area contributed by atoms with Crippen LogP contribution >= 0.6 is 22.3 Å². The van der Waals surface area contributed by atoms with Crippen molar-refractivity contribution in [2.75, 3.05) is 13.6 Å². The van der Waals surface area contributed by atoms with Crippen LogP contribution in [0.5, 0.6) is 0 Å². The van der Waals surface area contributed by atoms with E-state index in [1.165, 1.54) is 23.1 Å². The Morgan fingerprint density at radius 3 is 2.44 bits per heavy atom. The van der Waals surface area contributed by atoms with Crippen molar-refractivity contribution in [1.29, 1.82) is 0 Å². The molecule has 0 saturated heterocycles. The molecule has 1 amide bonds. The molecule has 0 aliphatic heterocycles. The van der Waals surface area contributed by atoms with Crippen LogP contribution in [0.4, 0.5) is 0 Å². The number of rotatable bonds is 4. The van der Waals surface area contributed by atoms with Crippen LogP contribution < -0.4 is 0 Å². The van der Waals surface area contributed by atoms with Crippen molar-refractivity contribution >= 4 is 37.2 Å². The zero-order valence-corrected chi connectivity index (χ0v) is 12.3. The normalized spacial score (nSPS) is 11.3. The molecular weight excluding hydrogens is 297 g/mol. The minimum atomic E-state index is -3.90. The fraction of sp³-hybridized carbons (Fsp3) is 0.364. The highest BCUT2D eigenvalue weighted by atomic mass is 35.7. The zero-order chi connectivity index (χ0) is 13.9. The largest absolute Gasteiger partial charge is 0.342 e. The first kappa shape index (κ1) is 15.3. The molecule has 0 fully saturated rings. The topological polar surface area (TPSA) is 54.5 Å². The van der Waals surface area contributed by atoms with Crippen molar-refractivity contribution in [3.8, 4) is 0 Å². The Balaban J connectivity index is 3.19. The van der Waals surface area contributed by atoms with E-state index < -0.39 is 9.05 Å². The van der Waals surface area contributed by atoms with Crippen molar-refractivity contribution in [1.82, 2.24) is 4.90 Å². The quantitative estimate of drug-likeness (QED) is 0.804. The SMILES string of the molecule is CCCN(C)C(=O)c1cc(Cl)cc(S(=O)(=O)Cl)c1. The average molecular weight is 310 g/mol. The Hall–Kier alpha value is -0.780. The van der Waals surface area contributed by atoms with Crippen LogP contribution in [0.3, 0.4) is 0 Å². The third-order valence-corrected chi connectivity index (χ3v) is 3.86. The second-order valence-electron chi connectivity index (χ2n) is 3.84. The molecule has 4 nitrogen and oxygen atoms in total. The second kappa shape index (κ2) is 5.91. The molecule has 0 aromatic heterocycles. The van der Waals surface area contributed by atoms with Crippen LogP contribution in [-0.2, 0) is 9.05 Å². The Bertz CT molecular complexity index is 557. The maximum atomic E-state index is 12.0. The summed E-state index contributed by atoms with van der Waals surface area (Å²) in [5, 5.41) is 0.157. The molecule has 0 saturated carbocycles. The van der Waals surface area contributed by atoms with Crippen LogP contribution in [-0.4, -0.2) is 32.8 Å². The molecule has 100 valence electrons. The lowest BCUT2D eigenvalue weighted by molar-refractivity contribution is 0.0795. The number of nitrogens with zero attached hydrogens (tertiary/aromatic N) is 1. The minimum Gasteiger partial charge on any atom is -0.342 e. The van der Waals surface area contributed by atoms with Gasteiger partial charge in [0.2, 0.25) is 0 Å². The molecule has 0 atom stereocenters. The molecule has 0 bridgehead atoms. The molecule has 0 spiro atoms. The number of halogens is 2. The average Bonchev–Trinajstić information content (AvgIpc) is 2.26. The molecule has 1 aromatic carbocycles. The molecule has 0 aliphatic carbocycles. The van der Waals surface area contributed by atoms with Gasteiger partial charge in [0.1, 0.15) is 0 Å². The zero-order valence-electron chi connectivity index (χ0n) is 9.98. The summed E-state index contributed by atoms with van der Waals surface area (Å²) in [5.74, 6) is -0.291. The van der Waals surface area contributed by atoms with Crippen LogP contribution in [0.1, 0.15) is 23.7 Å². The highest BCUT2D eigenvalue weighted by molar-refractivity contribution is 8.13. The molecule has 0 N–H and O–H groups in total. The summed E-state index contributed by atoms with van der Waals surface area (Å²) < 4.78 is 22.5. The van der Waals surface area contributed by atoms with Gasteiger partial charge in [-0.05, 0) is 24.6 Å².